The minimum Gasteiger partial charge on any atom is -0.355 e. The van der Waals surface area contributed by atoms with Gasteiger partial charge in [-0.25, -0.2) is 0 Å². The minimum atomic E-state index is -0.00893. The molecule has 0 saturated carbocycles. The van der Waals surface area contributed by atoms with Crippen molar-refractivity contribution in [1.82, 2.24) is 15.5 Å². The van der Waals surface area contributed by atoms with Crippen LogP contribution in [-0.2, 0) is 11.3 Å². The van der Waals surface area contributed by atoms with Gasteiger partial charge < -0.3 is 15.1 Å². The van der Waals surface area contributed by atoms with Crippen molar-refractivity contribution in [3.63, 3.8) is 0 Å². The average molecular weight is 422 g/mol. The number of piperidine rings is 2. The predicted octanol–water partition coefficient (Wildman–Crippen LogP) is 3.86. The summed E-state index contributed by atoms with van der Waals surface area (Å²) >= 11 is 0. The molecule has 0 spiro atoms. The standard InChI is InChI=1S/C25H35N5O/c1-18-10-13-29(14-11-18)23-8-9-24(28-27-23)30-12-4-5-22(17-30)25(31)26-16-21-7-6-19(2)20(3)15-21/h6-9,15,18,22H,4-5,10-14,16-17H2,1-3H3,(H,26,31)/t22-/m0/s1. The van der Waals surface area contributed by atoms with Crippen molar-refractivity contribution in [2.45, 2.75) is 53.0 Å². The van der Waals surface area contributed by atoms with Crippen LogP contribution in [0.5, 0.6) is 0 Å². The van der Waals surface area contributed by atoms with Crippen LogP contribution < -0.4 is 15.1 Å². The van der Waals surface area contributed by atoms with Crippen molar-refractivity contribution >= 4 is 17.5 Å². The van der Waals surface area contributed by atoms with Crippen LogP contribution in [-0.4, -0.2) is 42.3 Å². The molecule has 0 bridgehead atoms. The molecule has 6 nitrogen and oxygen atoms in total. The van der Waals surface area contributed by atoms with Crippen LogP contribution in [0.25, 0.3) is 0 Å². The van der Waals surface area contributed by atoms with Gasteiger partial charge in [-0.05, 0) is 74.3 Å². The van der Waals surface area contributed by atoms with Crippen LogP contribution in [0.15, 0.2) is 30.3 Å². The molecule has 3 heterocycles. The Morgan fingerprint density at radius 3 is 2.35 bits per heavy atom. The number of carbonyl (C=O) groups excluding carboxylic acids is 1. The predicted molar refractivity (Wildman–Crippen MR) is 125 cm³/mol. The Bertz CT molecular complexity index is 889. The Kier molecular flexibility index (Phi) is 6.73. The lowest BCUT2D eigenvalue weighted by atomic mass is 9.97. The van der Waals surface area contributed by atoms with Crippen LogP contribution in [0, 0.1) is 25.7 Å². The quantitative estimate of drug-likeness (QED) is 0.794. The van der Waals surface area contributed by atoms with Gasteiger partial charge in [-0.3, -0.25) is 4.79 Å². The van der Waals surface area contributed by atoms with Crippen molar-refractivity contribution in [1.29, 1.82) is 0 Å². The van der Waals surface area contributed by atoms with E-state index >= 15 is 0 Å². The lowest BCUT2D eigenvalue weighted by Gasteiger charge is -2.33. The molecule has 0 aliphatic carbocycles. The summed E-state index contributed by atoms with van der Waals surface area (Å²) in [5, 5.41) is 12.1. The second-order valence-corrected chi connectivity index (χ2v) is 9.34. The number of nitrogens with zero attached hydrogens (tertiary/aromatic N) is 4. The van der Waals surface area contributed by atoms with Gasteiger partial charge in [-0.1, -0.05) is 25.1 Å². The fourth-order valence-corrected chi connectivity index (χ4v) is 4.54. The summed E-state index contributed by atoms with van der Waals surface area (Å²) in [5.74, 6) is 2.77. The molecule has 0 unspecified atom stereocenters. The SMILES string of the molecule is Cc1ccc(CNC(=O)[C@H]2CCCN(c3ccc(N4CCC(C)CC4)nn3)C2)cc1C. The maximum Gasteiger partial charge on any atom is 0.225 e. The number of anilines is 2. The molecular weight excluding hydrogens is 386 g/mol. The van der Waals surface area contributed by atoms with E-state index in [2.05, 4.69) is 76.4 Å². The van der Waals surface area contributed by atoms with E-state index in [1.807, 2.05) is 0 Å². The number of aromatic nitrogens is 2. The van der Waals surface area contributed by atoms with Gasteiger partial charge in [0, 0.05) is 32.7 Å². The highest BCUT2D eigenvalue weighted by Crippen LogP contribution is 2.25. The molecule has 1 amide bonds. The zero-order valence-electron chi connectivity index (χ0n) is 19.1. The first-order valence-electron chi connectivity index (χ1n) is 11.7. The second-order valence-electron chi connectivity index (χ2n) is 9.34. The van der Waals surface area contributed by atoms with Gasteiger partial charge in [0.1, 0.15) is 0 Å². The molecule has 166 valence electrons. The van der Waals surface area contributed by atoms with Crippen LogP contribution in [0.3, 0.4) is 0 Å². The Morgan fingerprint density at radius 2 is 1.68 bits per heavy atom. The fourth-order valence-electron chi connectivity index (χ4n) is 4.54. The molecule has 2 aliphatic rings. The minimum absolute atomic E-state index is 0.00893. The first-order valence-corrected chi connectivity index (χ1v) is 11.7. The van der Waals surface area contributed by atoms with Crippen molar-refractivity contribution in [3.8, 4) is 0 Å². The molecule has 1 atom stereocenters. The molecule has 1 N–H and O–H groups in total. The number of rotatable bonds is 5. The summed E-state index contributed by atoms with van der Waals surface area (Å²) in [6, 6.07) is 10.5. The molecule has 1 aromatic carbocycles. The van der Waals surface area contributed by atoms with E-state index in [1.165, 1.54) is 24.0 Å². The summed E-state index contributed by atoms with van der Waals surface area (Å²) in [6.07, 6.45) is 4.35. The first kappa shape index (κ1) is 21.6. The van der Waals surface area contributed by atoms with Gasteiger partial charge in [0.05, 0.1) is 5.92 Å². The van der Waals surface area contributed by atoms with Crippen LogP contribution >= 0.6 is 0 Å². The Balaban J connectivity index is 1.32. The smallest absolute Gasteiger partial charge is 0.225 e. The molecule has 4 rings (SSSR count). The van der Waals surface area contributed by atoms with E-state index < -0.39 is 0 Å². The van der Waals surface area contributed by atoms with Crippen molar-refractivity contribution in [2.24, 2.45) is 11.8 Å². The lowest BCUT2D eigenvalue weighted by molar-refractivity contribution is -0.125. The molecule has 2 aromatic rings. The number of benzene rings is 1. The van der Waals surface area contributed by atoms with Crippen LogP contribution in [0.4, 0.5) is 11.6 Å². The lowest BCUT2D eigenvalue weighted by Crippen LogP contribution is -2.43. The van der Waals surface area contributed by atoms with Crippen molar-refractivity contribution < 1.29 is 4.79 Å². The molecule has 1 aromatic heterocycles. The van der Waals surface area contributed by atoms with E-state index in [4.69, 9.17) is 0 Å². The van der Waals surface area contributed by atoms with Gasteiger partial charge in [-0.15, -0.1) is 10.2 Å². The highest BCUT2D eigenvalue weighted by atomic mass is 16.1. The first-order chi connectivity index (χ1) is 15.0. The van der Waals surface area contributed by atoms with Gasteiger partial charge in [0.2, 0.25) is 5.91 Å². The summed E-state index contributed by atoms with van der Waals surface area (Å²) < 4.78 is 0. The number of carbonyl (C=O) groups is 1. The maximum absolute atomic E-state index is 12.8. The largest absolute Gasteiger partial charge is 0.355 e. The van der Waals surface area contributed by atoms with E-state index in [1.54, 1.807) is 0 Å². The average Bonchev–Trinajstić information content (AvgIpc) is 2.80. The van der Waals surface area contributed by atoms with Crippen molar-refractivity contribution in [3.05, 3.63) is 47.0 Å². The number of aryl methyl sites for hydroxylation is 2. The summed E-state index contributed by atoms with van der Waals surface area (Å²) in [4.78, 5) is 17.3. The number of amides is 1. The number of hydrogen-bond donors (Lipinski definition) is 1. The van der Waals surface area contributed by atoms with E-state index in [-0.39, 0.29) is 11.8 Å². The molecule has 31 heavy (non-hydrogen) atoms. The Hall–Kier alpha value is -2.63. The molecule has 2 aliphatic heterocycles. The third kappa shape index (κ3) is 5.35. The highest BCUT2D eigenvalue weighted by Gasteiger charge is 2.27. The van der Waals surface area contributed by atoms with E-state index in [0.717, 1.165) is 55.6 Å². The zero-order valence-corrected chi connectivity index (χ0v) is 19.1. The Morgan fingerprint density at radius 1 is 0.968 bits per heavy atom. The van der Waals surface area contributed by atoms with Crippen molar-refractivity contribution in [2.75, 3.05) is 36.0 Å². The normalized spacial score (nSPS) is 20.0. The third-order valence-corrected chi connectivity index (χ3v) is 6.90. The third-order valence-electron chi connectivity index (χ3n) is 6.90. The maximum atomic E-state index is 12.8. The summed E-state index contributed by atoms with van der Waals surface area (Å²) in [6.45, 7) is 10.9. The number of hydrogen-bond acceptors (Lipinski definition) is 5. The summed E-state index contributed by atoms with van der Waals surface area (Å²) in [7, 11) is 0. The van der Waals surface area contributed by atoms with Gasteiger partial charge in [0.15, 0.2) is 11.6 Å². The van der Waals surface area contributed by atoms with Crippen LogP contribution in [0.2, 0.25) is 0 Å². The molecule has 0 radical (unpaired) electrons. The molecule has 6 heteroatoms. The van der Waals surface area contributed by atoms with Gasteiger partial charge in [-0.2, -0.15) is 0 Å². The fraction of sp³-hybridized carbons (Fsp3) is 0.560. The summed E-state index contributed by atoms with van der Waals surface area (Å²) in [5.41, 5.74) is 3.69. The topological polar surface area (TPSA) is 61.4 Å². The molecule has 2 saturated heterocycles. The Labute approximate surface area is 186 Å². The van der Waals surface area contributed by atoms with Gasteiger partial charge >= 0.3 is 0 Å². The molecular formula is C25H35N5O. The highest BCUT2D eigenvalue weighted by molar-refractivity contribution is 5.79. The van der Waals surface area contributed by atoms with E-state index in [9.17, 15) is 4.79 Å². The van der Waals surface area contributed by atoms with E-state index in [0.29, 0.717) is 13.1 Å². The monoisotopic (exact) mass is 421 g/mol. The van der Waals surface area contributed by atoms with Crippen LogP contribution in [0.1, 0.15) is 49.3 Å². The molecule has 2 fully saturated rings. The zero-order chi connectivity index (χ0) is 21.8. The second kappa shape index (κ2) is 9.67. The van der Waals surface area contributed by atoms with Gasteiger partial charge in [0.25, 0.3) is 0 Å². The number of nitrogens with one attached hydrogen (secondary N) is 1.